The third kappa shape index (κ3) is 3.52. The van der Waals surface area contributed by atoms with E-state index in [1.54, 1.807) is 0 Å². The van der Waals surface area contributed by atoms with Crippen molar-refractivity contribution in [3.05, 3.63) is 30.3 Å². The quantitative estimate of drug-likeness (QED) is 0.809. The first-order valence-corrected chi connectivity index (χ1v) is 8.53. The zero-order valence-corrected chi connectivity index (χ0v) is 12.1. The van der Waals surface area contributed by atoms with Gasteiger partial charge in [0.25, 0.3) is 0 Å². The maximum atomic E-state index is 5.95. The molecule has 3 nitrogen and oxygen atoms in total. The van der Waals surface area contributed by atoms with Crippen molar-refractivity contribution in [2.24, 2.45) is 0 Å². The van der Waals surface area contributed by atoms with Crippen molar-refractivity contribution in [1.29, 1.82) is 0 Å². The van der Waals surface area contributed by atoms with Crippen LogP contribution in [0.5, 0.6) is 5.75 Å². The van der Waals surface area contributed by atoms with E-state index in [4.69, 9.17) is 16.3 Å². The maximum Gasteiger partial charge on any atom is 0.248 e. The molecule has 1 heterocycles. The predicted octanol–water partition coefficient (Wildman–Crippen LogP) is 3.04. The lowest BCUT2D eigenvalue weighted by Gasteiger charge is -2.42. The molecule has 0 bridgehead atoms. The Hall–Kier alpha value is -0.410. The molecule has 0 amide bonds. The first-order valence-electron chi connectivity index (χ1n) is 5.80. The van der Waals surface area contributed by atoms with Gasteiger partial charge in [-0.1, -0.05) is 18.2 Å². The van der Waals surface area contributed by atoms with Crippen molar-refractivity contribution in [3.8, 4) is 5.75 Å². The fourth-order valence-electron chi connectivity index (χ4n) is 2.26. The van der Waals surface area contributed by atoms with E-state index in [9.17, 15) is 0 Å². The highest BCUT2D eigenvalue weighted by atomic mass is 32.4. The van der Waals surface area contributed by atoms with E-state index in [0.717, 1.165) is 12.2 Å². The summed E-state index contributed by atoms with van der Waals surface area (Å²) in [5.41, 5.74) is 0.0228. The number of nitrogens with one attached hydrogen (secondary N) is 2. The van der Waals surface area contributed by atoms with E-state index in [2.05, 4.69) is 30.9 Å². The van der Waals surface area contributed by atoms with Gasteiger partial charge in [-0.15, -0.1) is 0 Å². The zero-order valence-electron chi connectivity index (χ0n) is 10.4. The molecule has 1 fully saturated rings. The molecule has 0 aromatic heterocycles. The Morgan fingerprint density at radius 1 is 1.35 bits per heavy atom. The summed E-state index contributed by atoms with van der Waals surface area (Å²) in [5, 5.41) is 6.83. The summed E-state index contributed by atoms with van der Waals surface area (Å²) in [4.78, 5) is 0. The average molecular weight is 270 g/mol. The van der Waals surface area contributed by atoms with Crippen molar-refractivity contribution >= 4 is 18.4 Å². The highest BCUT2D eigenvalue weighted by Crippen LogP contribution is 2.45. The lowest BCUT2D eigenvalue weighted by atomic mass is 9.98. The Balaban J connectivity index is 2.16. The van der Waals surface area contributed by atoms with Crippen LogP contribution in [0.2, 0.25) is 0 Å². The molecule has 2 rings (SSSR count). The van der Waals surface area contributed by atoms with Crippen molar-refractivity contribution in [1.82, 2.24) is 10.2 Å². The summed E-state index contributed by atoms with van der Waals surface area (Å²) < 4.78 is 5.95. The van der Waals surface area contributed by atoms with Crippen LogP contribution in [0, 0.1) is 0 Å². The summed E-state index contributed by atoms with van der Waals surface area (Å²) in [6.07, 6.45) is 1.05. The van der Waals surface area contributed by atoms with Gasteiger partial charge in [0.05, 0.1) is 0 Å². The minimum absolute atomic E-state index is 0.0228. The van der Waals surface area contributed by atoms with Gasteiger partial charge in [0.2, 0.25) is 6.57 Å². The van der Waals surface area contributed by atoms with Crippen LogP contribution in [0.1, 0.15) is 27.2 Å². The number of para-hydroxylation sites is 1. The molecular formula is C12H19N2OPS. The Bertz CT molecular complexity index is 435. The summed E-state index contributed by atoms with van der Waals surface area (Å²) in [6, 6.07) is 10.1. The van der Waals surface area contributed by atoms with Gasteiger partial charge in [-0.25, -0.2) is 10.2 Å². The van der Waals surface area contributed by atoms with Crippen LogP contribution in [-0.4, -0.2) is 11.6 Å². The van der Waals surface area contributed by atoms with Crippen molar-refractivity contribution in [3.63, 3.8) is 0 Å². The molecule has 0 unspecified atom stereocenters. The van der Waals surface area contributed by atoms with Gasteiger partial charge >= 0.3 is 0 Å². The minimum atomic E-state index is -2.18. The zero-order chi connectivity index (χ0) is 12.5. The fourth-order valence-corrected chi connectivity index (χ4v) is 5.94. The van der Waals surface area contributed by atoms with Crippen LogP contribution in [0.15, 0.2) is 30.3 Å². The third-order valence-corrected chi connectivity index (χ3v) is 5.60. The highest BCUT2D eigenvalue weighted by molar-refractivity contribution is 8.10. The molecule has 2 N–H and O–H groups in total. The summed E-state index contributed by atoms with van der Waals surface area (Å²) >= 11 is 5.63. The van der Waals surface area contributed by atoms with Gasteiger partial charge < -0.3 is 4.52 Å². The minimum Gasteiger partial charge on any atom is -0.441 e. The van der Waals surface area contributed by atoms with Crippen LogP contribution >= 0.6 is 6.57 Å². The van der Waals surface area contributed by atoms with E-state index in [1.165, 1.54) is 0 Å². The first kappa shape index (κ1) is 13.0. The number of rotatable bonds is 2. The fraction of sp³-hybridized carbons (Fsp3) is 0.500. The molecule has 0 spiro atoms. The SMILES string of the molecule is C[C@H]1CC(C)(C)N[P@@](=S)(Oc2ccccc2)N1. The molecule has 5 heteroatoms. The number of hydrogen-bond donors (Lipinski definition) is 2. The lowest BCUT2D eigenvalue weighted by molar-refractivity contribution is 0.345. The molecule has 1 saturated heterocycles. The maximum absolute atomic E-state index is 5.95. The van der Waals surface area contributed by atoms with Crippen LogP contribution in [0.25, 0.3) is 0 Å². The molecule has 2 atom stereocenters. The molecule has 1 aliphatic rings. The number of hydrogen-bond acceptors (Lipinski definition) is 2. The molecule has 17 heavy (non-hydrogen) atoms. The lowest BCUT2D eigenvalue weighted by Crippen LogP contribution is -2.51. The van der Waals surface area contributed by atoms with Crippen LogP contribution in [0.3, 0.4) is 0 Å². The van der Waals surface area contributed by atoms with Gasteiger partial charge in [0.1, 0.15) is 5.75 Å². The van der Waals surface area contributed by atoms with Crippen molar-refractivity contribution in [2.75, 3.05) is 0 Å². The van der Waals surface area contributed by atoms with Crippen LogP contribution in [-0.2, 0) is 11.8 Å². The summed E-state index contributed by atoms with van der Waals surface area (Å²) in [5.74, 6) is 0.820. The van der Waals surface area contributed by atoms with E-state index in [0.29, 0.717) is 6.04 Å². The Morgan fingerprint density at radius 2 is 2.00 bits per heavy atom. The van der Waals surface area contributed by atoms with Gasteiger partial charge in [-0.2, -0.15) is 0 Å². The second-order valence-corrected chi connectivity index (χ2v) is 8.50. The van der Waals surface area contributed by atoms with Gasteiger partial charge in [0.15, 0.2) is 0 Å². The standard InChI is InChI=1S/C12H19N2OPS/c1-10-9-12(2,3)14-16(17,13-10)15-11-7-5-4-6-8-11/h4-8,10H,9H2,1-3H3,(H2,13,14,17)/t10-,16+/m0/s1. The first-order chi connectivity index (χ1) is 7.89. The molecule has 0 saturated carbocycles. The Labute approximate surface area is 108 Å². The molecule has 1 aromatic carbocycles. The topological polar surface area (TPSA) is 33.3 Å². The average Bonchev–Trinajstić information content (AvgIpc) is 2.13. The van der Waals surface area contributed by atoms with Crippen LogP contribution < -0.4 is 14.7 Å². The second-order valence-electron chi connectivity index (χ2n) is 5.19. The van der Waals surface area contributed by atoms with Gasteiger partial charge in [-0.05, 0) is 51.1 Å². The highest BCUT2D eigenvalue weighted by Gasteiger charge is 2.36. The Morgan fingerprint density at radius 3 is 2.59 bits per heavy atom. The molecule has 1 aliphatic heterocycles. The van der Waals surface area contributed by atoms with Gasteiger partial charge in [-0.3, -0.25) is 0 Å². The summed E-state index contributed by atoms with van der Waals surface area (Å²) in [7, 11) is 0. The number of benzene rings is 1. The predicted molar refractivity (Wildman–Crippen MR) is 75.8 cm³/mol. The Kier molecular flexibility index (Phi) is 3.60. The molecule has 0 aliphatic carbocycles. The van der Waals surface area contributed by atoms with E-state index in [-0.39, 0.29) is 5.54 Å². The smallest absolute Gasteiger partial charge is 0.248 e. The monoisotopic (exact) mass is 270 g/mol. The molecule has 94 valence electrons. The normalized spacial score (nSPS) is 32.1. The third-order valence-electron chi connectivity index (χ3n) is 2.63. The van der Waals surface area contributed by atoms with Crippen molar-refractivity contribution in [2.45, 2.75) is 38.8 Å². The van der Waals surface area contributed by atoms with E-state index in [1.807, 2.05) is 30.3 Å². The summed E-state index contributed by atoms with van der Waals surface area (Å²) in [6.45, 7) is 4.30. The van der Waals surface area contributed by atoms with E-state index >= 15 is 0 Å². The molecule has 0 radical (unpaired) electrons. The molecular weight excluding hydrogens is 251 g/mol. The van der Waals surface area contributed by atoms with E-state index < -0.39 is 6.57 Å². The van der Waals surface area contributed by atoms with Crippen molar-refractivity contribution < 1.29 is 4.52 Å². The van der Waals surface area contributed by atoms with Crippen LogP contribution in [0.4, 0.5) is 0 Å². The molecule has 1 aromatic rings. The second kappa shape index (κ2) is 4.69. The van der Waals surface area contributed by atoms with Gasteiger partial charge in [0, 0.05) is 11.6 Å². The largest absolute Gasteiger partial charge is 0.441 e.